The van der Waals surface area contributed by atoms with E-state index in [1.54, 1.807) is 49.6 Å². The molecule has 1 N–H and O–H groups in total. The Balaban J connectivity index is 1.62. The van der Waals surface area contributed by atoms with E-state index < -0.39 is 40.7 Å². The lowest BCUT2D eigenvalue weighted by Crippen LogP contribution is -2.53. The highest BCUT2D eigenvalue weighted by molar-refractivity contribution is 6.35. The summed E-state index contributed by atoms with van der Waals surface area (Å²) in [5, 5.41) is 11.9. The van der Waals surface area contributed by atoms with E-state index in [1.165, 1.54) is 27.4 Å². The molecule has 2 heterocycles. The zero-order valence-corrected chi connectivity index (χ0v) is 24.8. The van der Waals surface area contributed by atoms with Gasteiger partial charge in [0, 0.05) is 47.9 Å². The molecule has 0 bridgehead atoms. The van der Waals surface area contributed by atoms with Crippen molar-refractivity contribution in [3.05, 3.63) is 87.9 Å². The van der Waals surface area contributed by atoms with Crippen molar-refractivity contribution in [3.8, 4) is 23.0 Å². The number of ether oxygens (including phenoxy) is 5. The minimum absolute atomic E-state index is 0.0200. The monoisotopic (exact) mass is 607 g/mol. The van der Waals surface area contributed by atoms with Crippen molar-refractivity contribution in [1.29, 1.82) is 0 Å². The maximum Gasteiger partial charge on any atom is 0.306 e. The minimum Gasteiger partial charge on any atom is -0.507 e. The third-order valence-electron chi connectivity index (χ3n) is 7.85. The molecule has 0 saturated heterocycles. The molecule has 43 heavy (non-hydrogen) atoms. The number of carbonyl (C=O) groups is 3. The van der Waals surface area contributed by atoms with Crippen molar-refractivity contribution in [2.75, 3.05) is 21.3 Å². The van der Waals surface area contributed by atoms with E-state index in [4.69, 9.17) is 35.3 Å². The third-order valence-corrected chi connectivity index (χ3v) is 8.21. The van der Waals surface area contributed by atoms with Gasteiger partial charge in [-0.15, -0.1) is 0 Å². The van der Waals surface area contributed by atoms with Crippen LogP contribution in [0.1, 0.15) is 47.2 Å². The number of aliphatic hydroxyl groups excluding tert-OH is 1. The van der Waals surface area contributed by atoms with Crippen molar-refractivity contribution in [1.82, 2.24) is 4.98 Å². The van der Waals surface area contributed by atoms with Crippen molar-refractivity contribution in [2.45, 2.75) is 37.9 Å². The number of halogens is 1. The highest BCUT2D eigenvalue weighted by atomic mass is 35.5. The lowest BCUT2D eigenvalue weighted by molar-refractivity contribution is -0.140. The number of aromatic nitrogens is 1. The number of rotatable bonds is 9. The molecule has 1 aromatic heterocycles. The highest BCUT2D eigenvalue weighted by Gasteiger charge is 2.61. The number of esters is 1. The van der Waals surface area contributed by atoms with Gasteiger partial charge in [-0.25, -0.2) is 0 Å². The maximum absolute atomic E-state index is 14.2. The average molecular weight is 608 g/mol. The first-order chi connectivity index (χ1) is 20.7. The van der Waals surface area contributed by atoms with E-state index in [2.05, 4.69) is 4.98 Å². The van der Waals surface area contributed by atoms with Gasteiger partial charge in [-0.05, 0) is 23.8 Å². The molecule has 10 nitrogen and oxygen atoms in total. The van der Waals surface area contributed by atoms with Crippen LogP contribution < -0.4 is 18.9 Å². The number of hydrogen-bond donors (Lipinski definition) is 1. The standard InChI is InChI=1S/C32H30ClNO9/c1-17-11-22(35)26(30(37)32(17)31(38)27-23(39-2)14-24(40-3)28(33)29(27)43-32)21(13-25(36)41-4)19-8-5-9-20(12-19)42-16-18-7-6-10-34-15-18/h5-10,12,14-15,17,21,37H,11,13,16H2,1-4H3/t17-,21-,32+/m1/s1. The molecule has 224 valence electrons. The van der Waals surface area contributed by atoms with Gasteiger partial charge in [0.15, 0.2) is 17.3 Å². The van der Waals surface area contributed by atoms with Crippen molar-refractivity contribution >= 4 is 29.1 Å². The predicted molar refractivity (Wildman–Crippen MR) is 155 cm³/mol. The number of ketones is 2. The van der Waals surface area contributed by atoms with Gasteiger partial charge in [0.05, 0.1) is 27.8 Å². The summed E-state index contributed by atoms with van der Waals surface area (Å²) in [4.78, 5) is 44.6. The molecule has 1 spiro atoms. The summed E-state index contributed by atoms with van der Waals surface area (Å²) in [5.41, 5.74) is -0.752. The zero-order chi connectivity index (χ0) is 30.9. The van der Waals surface area contributed by atoms with E-state index in [-0.39, 0.29) is 52.9 Å². The van der Waals surface area contributed by atoms with Crippen LogP contribution in [0.4, 0.5) is 0 Å². The molecule has 0 fully saturated rings. The number of hydrogen-bond acceptors (Lipinski definition) is 10. The second-order valence-electron chi connectivity index (χ2n) is 10.3. The first-order valence-electron chi connectivity index (χ1n) is 13.5. The molecular weight excluding hydrogens is 578 g/mol. The summed E-state index contributed by atoms with van der Waals surface area (Å²) in [7, 11) is 4.02. The molecule has 0 saturated carbocycles. The molecule has 0 radical (unpaired) electrons. The second kappa shape index (κ2) is 12.0. The smallest absolute Gasteiger partial charge is 0.306 e. The summed E-state index contributed by atoms with van der Waals surface area (Å²) in [6, 6.07) is 12.0. The Kier molecular flexibility index (Phi) is 8.32. The number of carbonyl (C=O) groups excluding carboxylic acids is 3. The fourth-order valence-corrected chi connectivity index (χ4v) is 5.91. The molecular formula is C32H30ClNO9. The minimum atomic E-state index is -1.99. The largest absolute Gasteiger partial charge is 0.507 e. The number of nitrogens with zero attached hydrogens (tertiary/aromatic N) is 1. The summed E-state index contributed by atoms with van der Waals surface area (Å²) in [5.74, 6) is -3.26. The molecule has 0 amide bonds. The van der Waals surface area contributed by atoms with Crippen LogP contribution in [-0.4, -0.2) is 54.6 Å². The van der Waals surface area contributed by atoms with Gasteiger partial charge in [0.25, 0.3) is 0 Å². The molecule has 3 atom stereocenters. The maximum atomic E-state index is 14.2. The van der Waals surface area contributed by atoms with Crippen LogP contribution in [-0.2, 0) is 20.9 Å². The molecule has 2 aliphatic rings. The third kappa shape index (κ3) is 5.16. The first kappa shape index (κ1) is 29.9. The van der Waals surface area contributed by atoms with Crippen LogP contribution in [0.3, 0.4) is 0 Å². The Morgan fingerprint density at radius 2 is 1.91 bits per heavy atom. The Labute approximate surface area is 253 Å². The molecule has 5 rings (SSSR count). The van der Waals surface area contributed by atoms with Gasteiger partial charge < -0.3 is 28.8 Å². The zero-order valence-electron chi connectivity index (χ0n) is 24.0. The molecule has 11 heteroatoms. The van der Waals surface area contributed by atoms with Crippen LogP contribution in [0, 0.1) is 5.92 Å². The Bertz CT molecular complexity index is 1620. The van der Waals surface area contributed by atoms with Crippen LogP contribution in [0.2, 0.25) is 5.02 Å². The van der Waals surface area contributed by atoms with Crippen LogP contribution in [0.15, 0.2) is 66.2 Å². The van der Waals surface area contributed by atoms with E-state index in [9.17, 15) is 19.5 Å². The quantitative estimate of drug-likeness (QED) is 0.315. The van der Waals surface area contributed by atoms with Gasteiger partial charge in [0.2, 0.25) is 11.4 Å². The average Bonchev–Trinajstić information content (AvgIpc) is 3.34. The van der Waals surface area contributed by atoms with Gasteiger partial charge >= 0.3 is 5.97 Å². The van der Waals surface area contributed by atoms with Gasteiger partial charge in [-0.3, -0.25) is 19.4 Å². The summed E-state index contributed by atoms with van der Waals surface area (Å²) >= 11 is 6.55. The number of Topliss-reactive ketones (excluding diaryl/α,β-unsaturated/α-hetero) is 2. The number of allylic oxidation sites excluding steroid dienone is 1. The number of pyridine rings is 1. The number of benzene rings is 2. The van der Waals surface area contributed by atoms with Crippen LogP contribution in [0.25, 0.3) is 0 Å². The topological polar surface area (TPSA) is 130 Å². The van der Waals surface area contributed by atoms with Crippen molar-refractivity contribution in [2.24, 2.45) is 5.92 Å². The normalized spacial score (nSPS) is 20.0. The Morgan fingerprint density at radius 3 is 2.58 bits per heavy atom. The number of aliphatic hydroxyl groups is 1. The first-order valence-corrected chi connectivity index (χ1v) is 13.9. The van der Waals surface area contributed by atoms with E-state index in [1.807, 2.05) is 6.07 Å². The Morgan fingerprint density at radius 1 is 1.14 bits per heavy atom. The summed E-state index contributed by atoms with van der Waals surface area (Å²) in [6.07, 6.45) is 2.90. The molecule has 1 aliphatic carbocycles. The van der Waals surface area contributed by atoms with Crippen LogP contribution in [0.5, 0.6) is 23.0 Å². The van der Waals surface area contributed by atoms with Gasteiger partial charge in [-0.1, -0.05) is 36.7 Å². The van der Waals surface area contributed by atoms with Gasteiger partial charge in [0.1, 0.15) is 34.4 Å². The fraction of sp³-hybridized carbons (Fsp3) is 0.312. The highest BCUT2D eigenvalue weighted by Crippen LogP contribution is 2.55. The molecule has 2 aromatic carbocycles. The summed E-state index contributed by atoms with van der Waals surface area (Å²) in [6.45, 7) is 1.87. The predicted octanol–water partition coefficient (Wildman–Crippen LogP) is 5.41. The SMILES string of the molecule is COC(=O)C[C@@H](C1=C(O)[C@@]2(Oc3c(Cl)c(OC)cc(OC)c3C2=O)[C@H](C)CC1=O)c1cccc(OCc2cccnc2)c1. The van der Waals surface area contributed by atoms with E-state index >= 15 is 0 Å². The van der Waals surface area contributed by atoms with Crippen molar-refractivity contribution < 1.29 is 43.2 Å². The lowest BCUT2D eigenvalue weighted by atomic mass is 9.69. The van der Waals surface area contributed by atoms with Crippen LogP contribution >= 0.6 is 11.6 Å². The molecule has 3 aromatic rings. The molecule has 0 unspecified atom stereocenters. The Hall–Kier alpha value is -4.57. The second-order valence-corrected chi connectivity index (χ2v) is 10.7. The fourth-order valence-electron chi connectivity index (χ4n) is 5.65. The van der Waals surface area contributed by atoms with Gasteiger partial charge in [-0.2, -0.15) is 0 Å². The number of methoxy groups -OCH3 is 3. The van der Waals surface area contributed by atoms with Crippen molar-refractivity contribution in [3.63, 3.8) is 0 Å². The lowest BCUT2D eigenvalue weighted by Gasteiger charge is -2.38. The van der Waals surface area contributed by atoms with E-state index in [0.717, 1.165) is 5.56 Å². The van der Waals surface area contributed by atoms with E-state index in [0.29, 0.717) is 11.3 Å². The molecule has 1 aliphatic heterocycles. The summed E-state index contributed by atoms with van der Waals surface area (Å²) < 4.78 is 27.9. The number of fused-ring (bicyclic) bond motifs is 1.